The van der Waals surface area contributed by atoms with Crippen LogP contribution in [0.4, 0.5) is 5.82 Å². The molecule has 2 saturated heterocycles. The smallest absolute Gasteiger partial charge is 0.236 e. The highest BCUT2D eigenvalue weighted by Crippen LogP contribution is 2.38. The number of likely N-dealkylation sites (tertiary alicyclic amines) is 1. The maximum Gasteiger partial charge on any atom is 0.236 e. The van der Waals surface area contributed by atoms with Gasteiger partial charge in [0.15, 0.2) is 0 Å². The Morgan fingerprint density at radius 1 is 1.06 bits per heavy atom. The standard InChI is InChI=1S/C25H31N5OS/c1-18-6-8-20(9-7-18)21-16-32-25-23(21)24(26-17-27-25)29-13-11-28(12-14-29)15-22(31)30-10-4-3-5-19(30)2/h6-9,16-17,19H,3-5,10-15H2,1-2H3. The van der Waals surface area contributed by atoms with Gasteiger partial charge in [0.05, 0.1) is 11.9 Å². The van der Waals surface area contributed by atoms with E-state index in [1.807, 2.05) is 0 Å². The minimum absolute atomic E-state index is 0.287. The third kappa shape index (κ3) is 4.24. The maximum atomic E-state index is 12.8. The Morgan fingerprint density at radius 2 is 1.84 bits per heavy atom. The van der Waals surface area contributed by atoms with Gasteiger partial charge in [-0.2, -0.15) is 0 Å². The number of hydrogen-bond acceptors (Lipinski definition) is 6. The van der Waals surface area contributed by atoms with Crippen LogP contribution >= 0.6 is 11.3 Å². The van der Waals surface area contributed by atoms with Crippen LogP contribution in [0, 0.1) is 6.92 Å². The Kier molecular flexibility index (Phi) is 6.11. The molecule has 1 aromatic carbocycles. The minimum atomic E-state index is 0.287. The zero-order valence-electron chi connectivity index (χ0n) is 19.0. The first-order chi connectivity index (χ1) is 15.6. The molecule has 1 atom stereocenters. The van der Waals surface area contributed by atoms with E-state index < -0.39 is 0 Å². The van der Waals surface area contributed by atoms with Crippen LogP contribution in [0.25, 0.3) is 21.3 Å². The fourth-order valence-electron chi connectivity index (χ4n) is 4.91. The van der Waals surface area contributed by atoms with Gasteiger partial charge in [-0.15, -0.1) is 11.3 Å². The van der Waals surface area contributed by atoms with E-state index in [0.717, 1.165) is 61.6 Å². The fraction of sp³-hybridized carbons (Fsp3) is 0.480. The molecule has 168 valence electrons. The summed E-state index contributed by atoms with van der Waals surface area (Å²) in [6, 6.07) is 9.05. The molecule has 5 rings (SSSR count). The quantitative estimate of drug-likeness (QED) is 0.598. The first kappa shape index (κ1) is 21.3. The van der Waals surface area contributed by atoms with Crippen LogP contribution in [-0.2, 0) is 4.79 Å². The normalized spacial score (nSPS) is 20.1. The van der Waals surface area contributed by atoms with Gasteiger partial charge in [0.25, 0.3) is 0 Å². The lowest BCUT2D eigenvalue weighted by Crippen LogP contribution is -2.52. The number of piperidine rings is 1. The number of anilines is 1. The Bertz CT molecular complexity index is 1090. The summed E-state index contributed by atoms with van der Waals surface area (Å²) in [5.41, 5.74) is 3.67. The second-order valence-electron chi connectivity index (χ2n) is 9.09. The summed E-state index contributed by atoms with van der Waals surface area (Å²) in [5.74, 6) is 1.30. The summed E-state index contributed by atoms with van der Waals surface area (Å²) in [6.07, 6.45) is 5.19. The molecular formula is C25H31N5OS. The van der Waals surface area contributed by atoms with Crippen molar-refractivity contribution in [2.45, 2.75) is 39.2 Å². The van der Waals surface area contributed by atoms with E-state index in [0.29, 0.717) is 12.6 Å². The number of aromatic nitrogens is 2. The highest BCUT2D eigenvalue weighted by molar-refractivity contribution is 7.17. The largest absolute Gasteiger partial charge is 0.353 e. The summed E-state index contributed by atoms with van der Waals surface area (Å²) < 4.78 is 0. The Morgan fingerprint density at radius 3 is 2.59 bits per heavy atom. The van der Waals surface area contributed by atoms with Gasteiger partial charge >= 0.3 is 0 Å². The predicted molar refractivity (Wildman–Crippen MR) is 131 cm³/mol. The van der Waals surface area contributed by atoms with Crippen LogP contribution in [0.2, 0.25) is 0 Å². The summed E-state index contributed by atoms with van der Waals surface area (Å²) in [4.78, 5) is 29.9. The summed E-state index contributed by atoms with van der Waals surface area (Å²) in [7, 11) is 0. The molecule has 0 bridgehead atoms. The van der Waals surface area contributed by atoms with Crippen molar-refractivity contribution < 1.29 is 4.79 Å². The van der Waals surface area contributed by atoms with E-state index in [2.05, 4.69) is 63.2 Å². The van der Waals surface area contributed by atoms with Crippen molar-refractivity contribution >= 4 is 33.3 Å². The van der Waals surface area contributed by atoms with E-state index in [9.17, 15) is 4.79 Å². The zero-order chi connectivity index (χ0) is 22.1. The van der Waals surface area contributed by atoms with Crippen molar-refractivity contribution in [1.82, 2.24) is 19.8 Å². The minimum Gasteiger partial charge on any atom is -0.353 e. The molecule has 0 spiro atoms. The average molecular weight is 450 g/mol. The number of thiophene rings is 1. The van der Waals surface area contributed by atoms with Crippen molar-refractivity contribution in [3.8, 4) is 11.1 Å². The van der Waals surface area contributed by atoms with Gasteiger partial charge in [-0.05, 0) is 38.7 Å². The number of carbonyl (C=O) groups excluding carboxylic acids is 1. The van der Waals surface area contributed by atoms with Gasteiger partial charge in [-0.3, -0.25) is 9.69 Å². The van der Waals surface area contributed by atoms with Crippen molar-refractivity contribution in [3.05, 3.63) is 41.5 Å². The Labute approximate surface area is 193 Å². The van der Waals surface area contributed by atoms with E-state index in [-0.39, 0.29) is 5.91 Å². The monoisotopic (exact) mass is 449 g/mol. The third-order valence-corrected chi connectivity index (χ3v) is 7.75. The topological polar surface area (TPSA) is 52.6 Å². The average Bonchev–Trinajstić information content (AvgIpc) is 3.25. The number of benzene rings is 1. The van der Waals surface area contributed by atoms with E-state index in [1.165, 1.54) is 23.1 Å². The van der Waals surface area contributed by atoms with E-state index >= 15 is 0 Å². The lowest BCUT2D eigenvalue weighted by molar-refractivity contribution is -0.135. The zero-order valence-corrected chi connectivity index (χ0v) is 19.8. The second kappa shape index (κ2) is 9.16. The van der Waals surface area contributed by atoms with Gasteiger partial charge in [-0.1, -0.05) is 29.8 Å². The van der Waals surface area contributed by atoms with Crippen molar-refractivity contribution in [2.75, 3.05) is 44.2 Å². The molecule has 1 amide bonds. The van der Waals surface area contributed by atoms with Crippen LogP contribution in [0.3, 0.4) is 0 Å². The van der Waals surface area contributed by atoms with E-state index in [4.69, 9.17) is 4.98 Å². The first-order valence-electron chi connectivity index (χ1n) is 11.7. The molecule has 2 aromatic heterocycles. The molecule has 2 fully saturated rings. The van der Waals surface area contributed by atoms with Crippen LogP contribution < -0.4 is 4.90 Å². The van der Waals surface area contributed by atoms with Gasteiger partial charge in [0.2, 0.25) is 5.91 Å². The summed E-state index contributed by atoms with van der Waals surface area (Å²) in [5, 5.41) is 3.34. The second-order valence-corrected chi connectivity index (χ2v) is 9.95. The fourth-order valence-corrected chi connectivity index (χ4v) is 5.82. The number of fused-ring (bicyclic) bond motifs is 1. The number of nitrogens with zero attached hydrogens (tertiary/aromatic N) is 5. The molecule has 3 aromatic rings. The van der Waals surface area contributed by atoms with Crippen LogP contribution in [-0.4, -0.2) is 71.0 Å². The molecular weight excluding hydrogens is 418 g/mol. The summed E-state index contributed by atoms with van der Waals surface area (Å²) in [6.45, 7) is 9.24. The number of aryl methyl sites for hydroxylation is 1. The predicted octanol–water partition coefficient (Wildman–Crippen LogP) is 4.19. The van der Waals surface area contributed by atoms with Crippen LogP contribution in [0.1, 0.15) is 31.7 Å². The highest BCUT2D eigenvalue weighted by atomic mass is 32.1. The molecule has 2 aliphatic rings. The van der Waals surface area contributed by atoms with Crippen molar-refractivity contribution in [3.63, 3.8) is 0 Å². The molecule has 0 N–H and O–H groups in total. The molecule has 7 heteroatoms. The van der Waals surface area contributed by atoms with Gasteiger partial charge in [0, 0.05) is 49.7 Å². The number of amides is 1. The van der Waals surface area contributed by atoms with Crippen molar-refractivity contribution in [1.29, 1.82) is 0 Å². The Hall–Kier alpha value is -2.51. The molecule has 0 aliphatic carbocycles. The van der Waals surface area contributed by atoms with Gasteiger partial charge < -0.3 is 9.80 Å². The highest BCUT2D eigenvalue weighted by Gasteiger charge is 2.27. The third-order valence-electron chi connectivity index (χ3n) is 6.87. The number of piperazine rings is 1. The van der Waals surface area contributed by atoms with Crippen molar-refractivity contribution in [2.24, 2.45) is 0 Å². The van der Waals surface area contributed by atoms with Gasteiger partial charge in [0.1, 0.15) is 17.0 Å². The van der Waals surface area contributed by atoms with E-state index in [1.54, 1.807) is 17.7 Å². The SMILES string of the molecule is Cc1ccc(-c2csc3ncnc(N4CCN(CC(=O)N5CCCCC5C)CC4)c23)cc1. The van der Waals surface area contributed by atoms with Gasteiger partial charge in [-0.25, -0.2) is 9.97 Å². The molecule has 2 aliphatic heterocycles. The molecule has 0 saturated carbocycles. The molecule has 1 unspecified atom stereocenters. The van der Waals surface area contributed by atoms with Crippen LogP contribution in [0.5, 0.6) is 0 Å². The number of rotatable bonds is 4. The molecule has 0 radical (unpaired) electrons. The molecule has 32 heavy (non-hydrogen) atoms. The molecule has 4 heterocycles. The number of carbonyl (C=O) groups is 1. The first-order valence-corrected chi connectivity index (χ1v) is 12.5. The number of hydrogen-bond donors (Lipinski definition) is 0. The van der Waals surface area contributed by atoms with Crippen LogP contribution in [0.15, 0.2) is 36.0 Å². The summed E-state index contributed by atoms with van der Waals surface area (Å²) >= 11 is 1.68. The maximum absolute atomic E-state index is 12.8. The molecule has 6 nitrogen and oxygen atoms in total. The lowest BCUT2D eigenvalue weighted by Gasteiger charge is -2.38. The Balaban J connectivity index is 1.30. The lowest BCUT2D eigenvalue weighted by atomic mass is 10.0.